The van der Waals surface area contributed by atoms with E-state index in [-0.39, 0.29) is 6.61 Å². The van der Waals surface area contributed by atoms with Gasteiger partial charge in [-0.2, -0.15) is 0 Å². The van der Waals surface area contributed by atoms with Crippen LogP contribution in [0.1, 0.15) is 0 Å². The van der Waals surface area contributed by atoms with Crippen LogP contribution in [0.3, 0.4) is 0 Å². The molecule has 3 rings (SSSR count). The fourth-order valence-electron chi connectivity index (χ4n) is 2.17. The average Bonchev–Trinajstić information content (AvgIpc) is 2.86. The molecule has 0 aliphatic carbocycles. The second-order valence-electron chi connectivity index (χ2n) is 4.41. The number of benzene rings is 1. The van der Waals surface area contributed by atoms with E-state index in [1.54, 1.807) is 6.20 Å². The molecule has 2 heterocycles. The van der Waals surface area contributed by atoms with E-state index in [4.69, 9.17) is 14.3 Å². The molecule has 0 spiro atoms. The summed E-state index contributed by atoms with van der Waals surface area (Å²) >= 11 is 0. The van der Waals surface area contributed by atoms with Gasteiger partial charge in [0.2, 0.25) is 5.88 Å². The number of hydrogen-bond acceptors (Lipinski definition) is 5. The van der Waals surface area contributed by atoms with E-state index in [1.165, 1.54) is 0 Å². The first kappa shape index (κ1) is 12.9. The molecule has 0 saturated carbocycles. The third-order valence-corrected chi connectivity index (χ3v) is 3.06. The lowest BCUT2D eigenvalue weighted by Crippen LogP contribution is -2.24. The van der Waals surface area contributed by atoms with E-state index in [0.29, 0.717) is 25.6 Å². The number of aliphatic hydroxyl groups excluding tert-OH is 1. The van der Waals surface area contributed by atoms with Gasteiger partial charge in [0.1, 0.15) is 17.8 Å². The Hall–Kier alpha value is -2.11. The summed E-state index contributed by atoms with van der Waals surface area (Å²) < 4.78 is 11.5. The highest BCUT2D eigenvalue weighted by atomic mass is 16.5. The predicted molar refractivity (Wildman–Crippen MR) is 77.0 cm³/mol. The zero-order chi connectivity index (χ0) is 13.8. The van der Waals surface area contributed by atoms with Gasteiger partial charge in [-0.15, -0.1) is 0 Å². The minimum atomic E-state index is 0.125. The zero-order valence-corrected chi connectivity index (χ0v) is 11.0. The summed E-state index contributed by atoms with van der Waals surface area (Å²) in [6.07, 6.45) is 1.68. The van der Waals surface area contributed by atoms with Crippen LogP contribution in [0.5, 0.6) is 5.88 Å². The summed E-state index contributed by atoms with van der Waals surface area (Å²) in [5.74, 6) is 0.582. The minimum absolute atomic E-state index is 0.125. The molecule has 2 N–H and O–H groups in total. The Morgan fingerprint density at radius 3 is 2.95 bits per heavy atom. The van der Waals surface area contributed by atoms with Crippen LogP contribution < -0.4 is 10.1 Å². The Morgan fingerprint density at radius 2 is 2.05 bits per heavy atom. The molecule has 0 amide bonds. The van der Waals surface area contributed by atoms with E-state index in [9.17, 15) is 0 Å². The van der Waals surface area contributed by atoms with E-state index in [0.717, 1.165) is 21.9 Å². The standard InChI is InChI=1S/C15H16N2O3/c18-9-7-16-8-10-19-15-14-11-3-1-2-4-12(11)20-13(14)5-6-17-15/h1-6,16,18H,7-10H2. The van der Waals surface area contributed by atoms with Crippen molar-refractivity contribution in [3.05, 3.63) is 36.5 Å². The maximum atomic E-state index is 8.69. The summed E-state index contributed by atoms with van der Waals surface area (Å²) in [6, 6.07) is 9.68. The predicted octanol–water partition coefficient (Wildman–Crippen LogP) is 1.94. The van der Waals surface area contributed by atoms with Crippen LogP contribution in [-0.4, -0.2) is 36.4 Å². The van der Waals surface area contributed by atoms with Gasteiger partial charge in [-0.25, -0.2) is 4.98 Å². The van der Waals surface area contributed by atoms with Gasteiger partial charge in [0.15, 0.2) is 0 Å². The number of furan rings is 1. The maximum Gasteiger partial charge on any atom is 0.225 e. The smallest absolute Gasteiger partial charge is 0.225 e. The number of hydrogen-bond donors (Lipinski definition) is 2. The van der Waals surface area contributed by atoms with E-state index in [2.05, 4.69) is 10.3 Å². The quantitative estimate of drug-likeness (QED) is 0.671. The third kappa shape index (κ3) is 2.45. The molecule has 0 radical (unpaired) electrons. The van der Waals surface area contributed by atoms with Gasteiger partial charge in [-0.05, 0) is 6.07 Å². The molecule has 5 heteroatoms. The Bertz CT molecular complexity index is 708. The van der Waals surface area contributed by atoms with Gasteiger partial charge in [-0.3, -0.25) is 0 Å². The van der Waals surface area contributed by atoms with E-state index < -0.39 is 0 Å². The Labute approximate surface area is 116 Å². The number of ether oxygens (including phenoxy) is 1. The zero-order valence-electron chi connectivity index (χ0n) is 11.0. The number of aromatic nitrogens is 1. The van der Waals surface area contributed by atoms with Crippen LogP contribution in [-0.2, 0) is 0 Å². The number of aliphatic hydroxyl groups is 1. The molecule has 20 heavy (non-hydrogen) atoms. The number of para-hydroxylation sites is 1. The normalized spacial score (nSPS) is 11.2. The second kappa shape index (κ2) is 5.90. The van der Waals surface area contributed by atoms with Gasteiger partial charge in [-0.1, -0.05) is 18.2 Å². The molecule has 0 bridgehead atoms. The summed E-state index contributed by atoms with van der Waals surface area (Å²) in [6.45, 7) is 1.84. The summed E-state index contributed by atoms with van der Waals surface area (Å²) in [5.41, 5.74) is 1.61. The second-order valence-corrected chi connectivity index (χ2v) is 4.41. The molecular formula is C15H16N2O3. The number of pyridine rings is 1. The van der Waals surface area contributed by atoms with Crippen molar-refractivity contribution in [1.82, 2.24) is 10.3 Å². The monoisotopic (exact) mass is 272 g/mol. The fraction of sp³-hybridized carbons (Fsp3) is 0.267. The summed E-state index contributed by atoms with van der Waals surface area (Å²) in [4.78, 5) is 4.29. The van der Waals surface area contributed by atoms with Gasteiger partial charge in [0, 0.05) is 30.7 Å². The summed E-state index contributed by atoms with van der Waals surface area (Å²) in [5, 5.41) is 13.7. The lowest BCUT2D eigenvalue weighted by atomic mass is 10.2. The molecular weight excluding hydrogens is 256 g/mol. The lowest BCUT2D eigenvalue weighted by Gasteiger charge is -2.06. The van der Waals surface area contributed by atoms with Crippen LogP contribution in [0, 0.1) is 0 Å². The molecule has 0 aliphatic rings. The molecule has 0 fully saturated rings. The van der Waals surface area contributed by atoms with Crippen LogP contribution in [0.2, 0.25) is 0 Å². The minimum Gasteiger partial charge on any atom is -0.476 e. The van der Waals surface area contributed by atoms with Crippen molar-refractivity contribution in [2.45, 2.75) is 0 Å². The van der Waals surface area contributed by atoms with Crippen LogP contribution in [0.15, 0.2) is 40.9 Å². The van der Waals surface area contributed by atoms with Crippen molar-refractivity contribution in [1.29, 1.82) is 0 Å². The molecule has 0 unspecified atom stereocenters. The van der Waals surface area contributed by atoms with Crippen molar-refractivity contribution in [2.24, 2.45) is 0 Å². The molecule has 2 aromatic heterocycles. The van der Waals surface area contributed by atoms with Crippen LogP contribution in [0.25, 0.3) is 21.9 Å². The molecule has 5 nitrogen and oxygen atoms in total. The molecule has 0 aliphatic heterocycles. The fourth-order valence-corrected chi connectivity index (χ4v) is 2.17. The molecule has 1 aromatic carbocycles. The number of fused-ring (bicyclic) bond motifs is 3. The number of nitrogens with zero attached hydrogens (tertiary/aromatic N) is 1. The van der Waals surface area contributed by atoms with Crippen molar-refractivity contribution >= 4 is 21.9 Å². The Kier molecular flexibility index (Phi) is 3.80. The van der Waals surface area contributed by atoms with E-state index in [1.807, 2.05) is 30.3 Å². The topological polar surface area (TPSA) is 67.5 Å². The van der Waals surface area contributed by atoms with Crippen molar-refractivity contribution in [2.75, 3.05) is 26.3 Å². The number of nitrogens with one attached hydrogen (secondary N) is 1. The Balaban J connectivity index is 1.86. The first-order valence-electron chi connectivity index (χ1n) is 6.61. The lowest BCUT2D eigenvalue weighted by molar-refractivity contribution is 0.273. The highest BCUT2D eigenvalue weighted by Crippen LogP contribution is 2.33. The Morgan fingerprint density at radius 1 is 1.15 bits per heavy atom. The van der Waals surface area contributed by atoms with Gasteiger partial charge >= 0.3 is 0 Å². The average molecular weight is 272 g/mol. The van der Waals surface area contributed by atoms with Crippen LogP contribution >= 0.6 is 0 Å². The van der Waals surface area contributed by atoms with Crippen molar-refractivity contribution in [3.8, 4) is 5.88 Å². The maximum absolute atomic E-state index is 8.69. The first-order valence-corrected chi connectivity index (χ1v) is 6.61. The largest absolute Gasteiger partial charge is 0.476 e. The van der Waals surface area contributed by atoms with Crippen LogP contribution in [0.4, 0.5) is 0 Å². The highest BCUT2D eigenvalue weighted by Gasteiger charge is 2.12. The molecule has 0 atom stereocenters. The SMILES string of the molecule is OCCNCCOc1nccc2oc3ccccc3c12. The highest BCUT2D eigenvalue weighted by molar-refractivity contribution is 6.07. The molecule has 104 valence electrons. The third-order valence-electron chi connectivity index (χ3n) is 3.06. The molecule has 3 aromatic rings. The van der Waals surface area contributed by atoms with Gasteiger partial charge in [0.25, 0.3) is 0 Å². The number of rotatable bonds is 6. The van der Waals surface area contributed by atoms with Crippen molar-refractivity contribution in [3.63, 3.8) is 0 Å². The van der Waals surface area contributed by atoms with E-state index >= 15 is 0 Å². The molecule has 0 saturated heterocycles. The van der Waals surface area contributed by atoms with Gasteiger partial charge < -0.3 is 19.6 Å². The first-order chi connectivity index (χ1) is 9.90. The summed E-state index contributed by atoms with van der Waals surface area (Å²) in [7, 11) is 0. The van der Waals surface area contributed by atoms with Gasteiger partial charge in [0.05, 0.1) is 12.0 Å². The van der Waals surface area contributed by atoms with Crippen molar-refractivity contribution < 1.29 is 14.3 Å².